The highest BCUT2D eigenvalue weighted by Crippen LogP contribution is 2.38. The molecule has 0 saturated heterocycles. The van der Waals surface area contributed by atoms with Crippen molar-refractivity contribution < 1.29 is 35.6 Å². The number of halogens is 5. The van der Waals surface area contributed by atoms with Crippen LogP contribution in [-0.4, -0.2) is 44.3 Å². The third-order valence-electron chi connectivity index (χ3n) is 6.45. The fraction of sp³-hybridized carbons (Fsp3) is 0.310. The largest absolute Gasteiger partial charge is 0.417 e. The van der Waals surface area contributed by atoms with Gasteiger partial charge in [-0.1, -0.05) is 54.4 Å². The van der Waals surface area contributed by atoms with Crippen molar-refractivity contribution in [1.82, 2.24) is 10.2 Å². The summed E-state index contributed by atoms with van der Waals surface area (Å²) in [4.78, 5) is 27.4. The Labute approximate surface area is 247 Å². The van der Waals surface area contributed by atoms with Crippen LogP contribution in [0.2, 0.25) is 5.02 Å². The number of sulfonamides is 1. The Morgan fingerprint density at radius 2 is 1.67 bits per heavy atom. The smallest absolute Gasteiger partial charge is 0.354 e. The summed E-state index contributed by atoms with van der Waals surface area (Å²) in [6, 6.07) is 12.4. The Balaban J connectivity index is 2.12. The van der Waals surface area contributed by atoms with Crippen LogP contribution in [-0.2, 0) is 32.3 Å². The molecule has 0 radical (unpaired) electrons. The number of nitrogens with one attached hydrogen (secondary N) is 1. The fourth-order valence-electron chi connectivity index (χ4n) is 4.04. The maximum Gasteiger partial charge on any atom is 0.417 e. The quantitative estimate of drug-likeness (QED) is 0.267. The van der Waals surface area contributed by atoms with Crippen molar-refractivity contribution >= 4 is 39.1 Å². The molecule has 42 heavy (non-hydrogen) atoms. The van der Waals surface area contributed by atoms with Gasteiger partial charge in [0.2, 0.25) is 11.8 Å². The third kappa shape index (κ3) is 7.80. The summed E-state index contributed by atoms with van der Waals surface area (Å²) in [5, 5.41) is 1.99. The van der Waals surface area contributed by atoms with Gasteiger partial charge in [-0.05, 0) is 56.7 Å². The van der Waals surface area contributed by atoms with E-state index in [4.69, 9.17) is 11.6 Å². The predicted octanol–water partition coefficient (Wildman–Crippen LogP) is 5.95. The second-order valence-electron chi connectivity index (χ2n) is 9.57. The summed E-state index contributed by atoms with van der Waals surface area (Å²) >= 11 is 5.77. The lowest BCUT2D eigenvalue weighted by atomic mass is 10.1. The molecule has 0 spiro atoms. The summed E-state index contributed by atoms with van der Waals surface area (Å²) < 4.78 is 83.9. The zero-order chi connectivity index (χ0) is 31.2. The van der Waals surface area contributed by atoms with E-state index in [-0.39, 0.29) is 10.5 Å². The summed E-state index contributed by atoms with van der Waals surface area (Å²) in [6.45, 7) is 3.84. The molecular weight excluding hydrogens is 598 g/mol. The van der Waals surface area contributed by atoms with E-state index in [0.29, 0.717) is 23.3 Å². The number of benzene rings is 3. The average molecular weight is 628 g/mol. The monoisotopic (exact) mass is 627 g/mol. The number of aryl methyl sites for hydroxylation is 1. The number of amides is 2. The maximum absolute atomic E-state index is 14.6. The predicted molar refractivity (Wildman–Crippen MR) is 152 cm³/mol. The van der Waals surface area contributed by atoms with Crippen LogP contribution in [0.25, 0.3) is 0 Å². The molecule has 0 aliphatic rings. The van der Waals surface area contributed by atoms with Gasteiger partial charge < -0.3 is 10.2 Å². The van der Waals surface area contributed by atoms with E-state index in [0.717, 1.165) is 22.6 Å². The van der Waals surface area contributed by atoms with E-state index in [9.17, 15) is 35.6 Å². The van der Waals surface area contributed by atoms with Crippen LogP contribution in [0.3, 0.4) is 0 Å². The zero-order valence-corrected chi connectivity index (χ0v) is 24.7. The lowest BCUT2D eigenvalue weighted by Gasteiger charge is -2.32. The van der Waals surface area contributed by atoms with E-state index in [2.05, 4.69) is 5.32 Å². The number of anilines is 1. The van der Waals surface area contributed by atoms with Crippen molar-refractivity contribution in [2.24, 2.45) is 0 Å². The molecule has 0 unspecified atom stereocenters. The molecular formula is C29H30ClF4N3O4S. The normalized spacial score (nSPS) is 12.5. The van der Waals surface area contributed by atoms with E-state index < -0.39 is 69.2 Å². The molecule has 3 rings (SSSR count). The lowest BCUT2D eigenvalue weighted by molar-refractivity contribution is -0.139. The Morgan fingerprint density at radius 1 is 1.02 bits per heavy atom. The molecule has 1 atom stereocenters. The molecule has 0 aromatic heterocycles. The Hall–Kier alpha value is -3.64. The molecule has 0 bridgehead atoms. The topological polar surface area (TPSA) is 86.8 Å². The molecule has 0 heterocycles. The first-order valence-electron chi connectivity index (χ1n) is 12.9. The molecule has 0 saturated carbocycles. The SMILES string of the molecule is CCCNC(=O)[C@H](C)N(Cc1ccccc1F)C(=O)CN(c1ccc(Cl)c(C(F)(F)F)c1)S(=O)(=O)c1ccc(C)cc1. The van der Waals surface area contributed by atoms with E-state index in [1.54, 1.807) is 6.92 Å². The van der Waals surface area contributed by atoms with Gasteiger partial charge in [0.25, 0.3) is 10.0 Å². The van der Waals surface area contributed by atoms with Crippen LogP contribution in [0.1, 0.15) is 37.0 Å². The number of alkyl halides is 3. The standard InChI is InChI=1S/C29H30ClF4N3O4S/c1-4-15-35-28(39)20(3)36(17-21-7-5-6-8-26(21)31)27(38)18-37(42(40,41)23-12-9-19(2)10-13-23)22-11-14-25(30)24(16-22)29(32,33)34/h5-14,16,20H,4,15,17-18H2,1-3H3,(H,35,39)/t20-/m0/s1. The molecule has 0 aliphatic heterocycles. The first-order valence-corrected chi connectivity index (χ1v) is 14.7. The highest BCUT2D eigenvalue weighted by molar-refractivity contribution is 7.92. The minimum atomic E-state index is -4.92. The van der Waals surface area contributed by atoms with Crippen molar-refractivity contribution in [1.29, 1.82) is 0 Å². The summed E-state index contributed by atoms with van der Waals surface area (Å²) in [5.74, 6) is -2.18. The molecule has 1 N–H and O–H groups in total. The second-order valence-corrected chi connectivity index (χ2v) is 11.8. The second kappa shape index (κ2) is 13.6. The Kier molecular flexibility index (Phi) is 10.6. The van der Waals surface area contributed by atoms with Crippen LogP contribution < -0.4 is 9.62 Å². The van der Waals surface area contributed by atoms with Crippen molar-refractivity contribution in [3.8, 4) is 0 Å². The molecule has 0 aliphatic carbocycles. The summed E-state index contributed by atoms with van der Waals surface area (Å²) in [6.07, 6.45) is -4.32. The van der Waals surface area contributed by atoms with Gasteiger partial charge in [-0.15, -0.1) is 0 Å². The average Bonchev–Trinajstić information content (AvgIpc) is 2.93. The number of rotatable bonds is 11. The maximum atomic E-state index is 14.6. The minimum absolute atomic E-state index is 0.0554. The van der Waals surface area contributed by atoms with Crippen molar-refractivity contribution in [2.45, 2.75) is 50.9 Å². The van der Waals surface area contributed by atoms with Gasteiger partial charge in [-0.2, -0.15) is 13.2 Å². The van der Waals surface area contributed by atoms with Gasteiger partial charge in [0.15, 0.2) is 0 Å². The van der Waals surface area contributed by atoms with Crippen LogP contribution in [0.4, 0.5) is 23.2 Å². The van der Waals surface area contributed by atoms with Gasteiger partial charge in [0.05, 0.1) is 21.2 Å². The first-order chi connectivity index (χ1) is 19.7. The summed E-state index contributed by atoms with van der Waals surface area (Å²) in [5.41, 5.74) is -0.992. The molecule has 0 fully saturated rings. The number of hydrogen-bond donors (Lipinski definition) is 1. The lowest BCUT2D eigenvalue weighted by Crippen LogP contribution is -2.51. The molecule has 3 aromatic carbocycles. The van der Waals surface area contributed by atoms with Gasteiger partial charge >= 0.3 is 6.18 Å². The number of hydrogen-bond acceptors (Lipinski definition) is 4. The molecule has 13 heteroatoms. The highest BCUT2D eigenvalue weighted by Gasteiger charge is 2.37. The van der Waals surface area contributed by atoms with E-state index in [1.807, 2.05) is 6.92 Å². The third-order valence-corrected chi connectivity index (χ3v) is 8.56. The highest BCUT2D eigenvalue weighted by atomic mass is 35.5. The van der Waals surface area contributed by atoms with Crippen LogP contribution in [0.15, 0.2) is 71.6 Å². The number of carbonyl (C=O) groups excluding carboxylic acids is 2. The number of carbonyl (C=O) groups is 2. The first kappa shape index (κ1) is 32.9. The molecule has 226 valence electrons. The van der Waals surface area contributed by atoms with E-state index >= 15 is 0 Å². The number of nitrogens with zero attached hydrogens (tertiary/aromatic N) is 2. The zero-order valence-electron chi connectivity index (χ0n) is 23.1. The minimum Gasteiger partial charge on any atom is -0.354 e. The van der Waals surface area contributed by atoms with Gasteiger partial charge in [-0.25, -0.2) is 12.8 Å². The van der Waals surface area contributed by atoms with Gasteiger partial charge in [0.1, 0.15) is 18.4 Å². The van der Waals surface area contributed by atoms with Gasteiger partial charge in [-0.3, -0.25) is 13.9 Å². The van der Waals surface area contributed by atoms with Crippen LogP contribution in [0, 0.1) is 12.7 Å². The summed E-state index contributed by atoms with van der Waals surface area (Å²) in [7, 11) is -4.61. The Morgan fingerprint density at radius 3 is 2.26 bits per heavy atom. The van der Waals surface area contributed by atoms with Gasteiger partial charge in [0, 0.05) is 18.7 Å². The molecule has 3 aromatic rings. The van der Waals surface area contributed by atoms with Crippen molar-refractivity contribution in [3.05, 3.63) is 94.3 Å². The van der Waals surface area contributed by atoms with Crippen LogP contribution in [0.5, 0.6) is 0 Å². The van der Waals surface area contributed by atoms with Crippen LogP contribution >= 0.6 is 11.6 Å². The molecule has 2 amide bonds. The van der Waals surface area contributed by atoms with E-state index in [1.165, 1.54) is 55.5 Å². The van der Waals surface area contributed by atoms with Crippen molar-refractivity contribution in [3.63, 3.8) is 0 Å². The molecule has 7 nitrogen and oxygen atoms in total. The van der Waals surface area contributed by atoms with Crippen molar-refractivity contribution in [2.75, 3.05) is 17.4 Å². The Bertz CT molecular complexity index is 1530. The fourth-order valence-corrected chi connectivity index (χ4v) is 5.67.